The van der Waals surface area contributed by atoms with Gasteiger partial charge in [0.2, 0.25) is 0 Å². The highest BCUT2D eigenvalue weighted by atomic mass is 19.2. The maximum Gasteiger partial charge on any atom is 0.166 e. The van der Waals surface area contributed by atoms with E-state index >= 15 is 8.78 Å². The van der Waals surface area contributed by atoms with Crippen LogP contribution in [0.2, 0.25) is 0 Å². The average molecular weight is 481 g/mol. The molecule has 0 bridgehead atoms. The highest BCUT2D eigenvalue weighted by Gasteiger charge is 2.26. The van der Waals surface area contributed by atoms with Crippen molar-refractivity contribution in [3.05, 3.63) is 88.7 Å². The topological polar surface area (TPSA) is 18.5 Å². The van der Waals surface area contributed by atoms with Gasteiger partial charge in [0.05, 0.1) is 12.7 Å². The molecule has 0 spiro atoms. The quantitative estimate of drug-likeness (QED) is 0.301. The van der Waals surface area contributed by atoms with Gasteiger partial charge in [-0.05, 0) is 74.3 Å². The van der Waals surface area contributed by atoms with Crippen LogP contribution >= 0.6 is 0 Å². The van der Waals surface area contributed by atoms with E-state index in [4.69, 9.17) is 9.47 Å². The van der Waals surface area contributed by atoms with E-state index in [0.717, 1.165) is 31.2 Å². The first-order valence-corrected chi connectivity index (χ1v) is 12.3. The Morgan fingerprint density at radius 3 is 2.20 bits per heavy atom. The molecule has 0 aromatic heterocycles. The molecule has 1 saturated carbocycles. The van der Waals surface area contributed by atoms with Crippen LogP contribution in [-0.2, 0) is 4.74 Å². The number of hydrogen-bond donors (Lipinski definition) is 0. The Hall–Kier alpha value is -3.05. The molecule has 3 aromatic rings. The highest BCUT2D eigenvalue weighted by Crippen LogP contribution is 2.37. The molecule has 35 heavy (non-hydrogen) atoms. The molecule has 0 unspecified atom stereocenters. The van der Waals surface area contributed by atoms with E-state index in [1.807, 2.05) is 13.8 Å². The molecular weight excluding hydrogens is 449 g/mol. The van der Waals surface area contributed by atoms with Crippen molar-refractivity contribution < 1.29 is 22.6 Å². The summed E-state index contributed by atoms with van der Waals surface area (Å²) in [7, 11) is 0. The summed E-state index contributed by atoms with van der Waals surface area (Å²) < 4.78 is 55.3. The van der Waals surface area contributed by atoms with E-state index in [2.05, 4.69) is 0 Å². The normalized spacial score (nSPS) is 18.2. The van der Waals surface area contributed by atoms with Crippen LogP contribution in [0.15, 0.2) is 54.6 Å². The third kappa shape index (κ3) is 5.96. The first-order valence-electron chi connectivity index (χ1n) is 12.3. The summed E-state index contributed by atoms with van der Waals surface area (Å²) >= 11 is 0. The minimum atomic E-state index is -0.811. The standard InChI is InChI=1S/C30H31F3O2/c1-3-34-24-14-11-22(12-15-24)27-18-17-26(29(32)30(27)33)21-8-5-20(6-9-21)7-10-23-13-16-25(35-4-2)19-28(23)31/h5-10,13,16-19,22,24H,3-4,11-12,14-15H2,1-2H3/b10-7+. The van der Waals surface area contributed by atoms with E-state index in [-0.39, 0.29) is 23.4 Å². The lowest BCUT2D eigenvalue weighted by molar-refractivity contribution is 0.0325. The predicted octanol–water partition coefficient (Wildman–Crippen LogP) is 8.40. The molecule has 3 aromatic carbocycles. The van der Waals surface area contributed by atoms with Gasteiger partial charge < -0.3 is 9.47 Å². The maximum absolute atomic E-state index is 15.0. The molecule has 184 valence electrons. The smallest absolute Gasteiger partial charge is 0.166 e. The molecule has 0 saturated heterocycles. The number of ether oxygens (including phenoxy) is 2. The van der Waals surface area contributed by atoms with Gasteiger partial charge >= 0.3 is 0 Å². The Bertz CT molecular complexity index is 1160. The fraction of sp³-hybridized carbons (Fsp3) is 0.333. The van der Waals surface area contributed by atoms with Crippen molar-refractivity contribution in [1.82, 2.24) is 0 Å². The molecule has 0 aliphatic heterocycles. The summed E-state index contributed by atoms with van der Waals surface area (Å²) in [5, 5.41) is 0. The zero-order valence-electron chi connectivity index (χ0n) is 20.2. The molecule has 0 heterocycles. The monoisotopic (exact) mass is 480 g/mol. The molecule has 1 fully saturated rings. The van der Waals surface area contributed by atoms with Crippen LogP contribution in [0.25, 0.3) is 23.3 Å². The second-order valence-corrected chi connectivity index (χ2v) is 8.83. The fourth-order valence-electron chi connectivity index (χ4n) is 4.74. The van der Waals surface area contributed by atoms with Gasteiger partial charge in [0.25, 0.3) is 0 Å². The van der Waals surface area contributed by atoms with E-state index < -0.39 is 11.6 Å². The second-order valence-electron chi connectivity index (χ2n) is 8.83. The number of halogens is 3. The summed E-state index contributed by atoms with van der Waals surface area (Å²) in [6.07, 6.45) is 7.03. The summed E-state index contributed by atoms with van der Waals surface area (Å²) in [6, 6.07) is 15.2. The van der Waals surface area contributed by atoms with Gasteiger partial charge in [-0.3, -0.25) is 0 Å². The minimum absolute atomic E-state index is 0.0192. The molecular formula is C30H31F3O2. The van der Waals surface area contributed by atoms with Crippen molar-refractivity contribution >= 4 is 12.2 Å². The Morgan fingerprint density at radius 2 is 1.54 bits per heavy atom. The molecule has 0 atom stereocenters. The third-order valence-corrected chi connectivity index (χ3v) is 6.59. The molecule has 0 N–H and O–H groups in total. The average Bonchev–Trinajstić information content (AvgIpc) is 2.87. The first-order chi connectivity index (χ1) is 17.0. The van der Waals surface area contributed by atoms with Crippen molar-refractivity contribution in [3.8, 4) is 16.9 Å². The van der Waals surface area contributed by atoms with E-state index in [1.54, 1.807) is 60.7 Å². The van der Waals surface area contributed by atoms with Crippen molar-refractivity contribution in [2.45, 2.75) is 51.6 Å². The molecule has 1 aliphatic rings. The predicted molar refractivity (Wildman–Crippen MR) is 135 cm³/mol. The molecule has 2 nitrogen and oxygen atoms in total. The van der Waals surface area contributed by atoms with Gasteiger partial charge in [0.1, 0.15) is 11.6 Å². The van der Waals surface area contributed by atoms with Crippen LogP contribution in [0.4, 0.5) is 13.2 Å². The lowest BCUT2D eigenvalue weighted by atomic mass is 9.82. The summed E-state index contributed by atoms with van der Waals surface area (Å²) in [5.74, 6) is -1.42. The fourth-order valence-corrected chi connectivity index (χ4v) is 4.74. The molecule has 0 amide bonds. The first kappa shape index (κ1) is 25.1. The SMILES string of the molecule is CCOc1ccc(/C=C/c2ccc(-c3ccc(C4CCC(OCC)CC4)c(F)c3F)cc2)c(F)c1. The van der Waals surface area contributed by atoms with Crippen LogP contribution < -0.4 is 4.74 Å². The number of benzene rings is 3. The zero-order valence-corrected chi connectivity index (χ0v) is 20.2. The molecule has 5 heteroatoms. The lowest BCUT2D eigenvalue weighted by Crippen LogP contribution is -2.21. The van der Waals surface area contributed by atoms with Gasteiger partial charge in [-0.15, -0.1) is 0 Å². The van der Waals surface area contributed by atoms with E-state index in [0.29, 0.717) is 35.7 Å². The Labute approximate surface area is 205 Å². The van der Waals surface area contributed by atoms with Crippen LogP contribution in [0.3, 0.4) is 0 Å². The molecule has 1 aliphatic carbocycles. The second kappa shape index (κ2) is 11.6. The Kier molecular flexibility index (Phi) is 8.29. The molecule has 4 rings (SSSR count). The van der Waals surface area contributed by atoms with Gasteiger partial charge in [0, 0.05) is 23.8 Å². The summed E-state index contributed by atoms with van der Waals surface area (Å²) in [4.78, 5) is 0. The van der Waals surface area contributed by atoms with Gasteiger partial charge in [-0.25, -0.2) is 13.2 Å². The molecule has 0 radical (unpaired) electrons. The highest BCUT2D eigenvalue weighted by molar-refractivity contribution is 5.73. The van der Waals surface area contributed by atoms with Crippen LogP contribution in [0.5, 0.6) is 5.75 Å². The van der Waals surface area contributed by atoms with Crippen LogP contribution in [0.1, 0.15) is 62.1 Å². The van der Waals surface area contributed by atoms with Crippen molar-refractivity contribution in [1.29, 1.82) is 0 Å². The summed E-state index contributed by atoms with van der Waals surface area (Å²) in [6.45, 7) is 4.98. The maximum atomic E-state index is 15.0. The zero-order chi connectivity index (χ0) is 24.8. The largest absolute Gasteiger partial charge is 0.494 e. The number of hydrogen-bond acceptors (Lipinski definition) is 2. The van der Waals surface area contributed by atoms with Crippen molar-refractivity contribution in [3.63, 3.8) is 0 Å². The lowest BCUT2D eigenvalue weighted by Gasteiger charge is -2.29. The minimum Gasteiger partial charge on any atom is -0.494 e. The van der Waals surface area contributed by atoms with Gasteiger partial charge in [0.15, 0.2) is 11.6 Å². The van der Waals surface area contributed by atoms with Crippen molar-refractivity contribution in [2.24, 2.45) is 0 Å². The van der Waals surface area contributed by atoms with Crippen LogP contribution in [0, 0.1) is 17.5 Å². The Morgan fingerprint density at radius 1 is 0.800 bits per heavy atom. The van der Waals surface area contributed by atoms with Crippen molar-refractivity contribution in [2.75, 3.05) is 13.2 Å². The third-order valence-electron chi connectivity index (χ3n) is 6.59. The van der Waals surface area contributed by atoms with Gasteiger partial charge in [-0.2, -0.15) is 0 Å². The summed E-state index contributed by atoms with van der Waals surface area (Å²) in [5.41, 5.74) is 2.56. The van der Waals surface area contributed by atoms with E-state index in [9.17, 15) is 4.39 Å². The number of rotatable bonds is 8. The van der Waals surface area contributed by atoms with Crippen LogP contribution in [-0.4, -0.2) is 19.3 Å². The Balaban J connectivity index is 1.46. The van der Waals surface area contributed by atoms with E-state index in [1.165, 1.54) is 6.07 Å². The van der Waals surface area contributed by atoms with Gasteiger partial charge in [-0.1, -0.05) is 48.6 Å².